The van der Waals surface area contributed by atoms with E-state index in [0.29, 0.717) is 6.61 Å². The second-order valence-corrected chi connectivity index (χ2v) is 4.58. The van der Waals surface area contributed by atoms with Crippen molar-refractivity contribution in [2.24, 2.45) is 0 Å². The van der Waals surface area contributed by atoms with Crippen LogP contribution in [0.15, 0.2) is 55.3 Å². The standard InChI is InChI=1S/C17H20N2O/c1-3-11-20-17-9-5-4-8-15(17)12-18-13-16-14(2)7-6-10-19-16/h3-10,18H,1,11-13H2,2H3. The number of nitrogens with zero attached hydrogens (tertiary/aromatic N) is 1. The predicted octanol–water partition coefficient (Wildman–Crippen LogP) is 3.24. The highest BCUT2D eigenvalue weighted by Crippen LogP contribution is 2.17. The van der Waals surface area contributed by atoms with Crippen LogP contribution < -0.4 is 10.1 Å². The maximum absolute atomic E-state index is 5.64. The molecule has 0 spiro atoms. The van der Waals surface area contributed by atoms with Gasteiger partial charge in [0.15, 0.2) is 0 Å². The predicted molar refractivity (Wildman–Crippen MR) is 81.7 cm³/mol. The SMILES string of the molecule is C=CCOc1ccccc1CNCc1ncccc1C. The van der Waals surface area contributed by atoms with Crippen molar-refractivity contribution in [1.82, 2.24) is 10.3 Å². The van der Waals surface area contributed by atoms with Gasteiger partial charge in [-0.1, -0.05) is 36.9 Å². The molecular weight excluding hydrogens is 248 g/mol. The van der Waals surface area contributed by atoms with E-state index in [1.807, 2.05) is 30.5 Å². The van der Waals surface area contributed by atoms with Gasteiger partial charge >= 0.3 is 0 Å². The Balaban J connectivity index is 1.94. The molecule has 3 nitrogen and oxygen atoms in total. The number of ether oxygens (including phenoxy) is 1. The molecule has 0 fully saturated rings. The molecule has 0 saturated heterocycles. The number of para-hydroxylation sites is 1. The van der Waals surface area contributed by atoms with Crippen LogP contribution >= 0.6 is 0 Å². The first-order valence-corrected chi connectivity index (χ1v) is 6.74. The van der Waals surface area contributed by atoms with Crippen LogP contribution in [0.3, 0.4) is 0 Å². The third-order valence-electron chi connectivity index (χ3n) is 3.06. The molecule has 104 valence electrons. The minimum atomic E-state index is 0.524. The molecule has 1 aromatic carbocycles. The van der Waals surface area contributed by atoms with Crippen LogP contribution in [0, 0.1) is 6.92 Å². The van der Waals surface area contributed by atoms with Gasteiger partial charge in [-0.25, -0.2) is 0 Å². The van der Waals surface area contributed by atoms with Crippen molar-refractivity contribution in [2.75, 3.05) is 6.61 Å². The number of pyridine rings is 1. The smallest absolute Gasteiger partial charge is 0.124 e. The molecule has 1 N–H and O–H groups in total. The molecule has 20 heavy (non-hydrogen) atoms. The number of aryl methyl sites for hydroxylation is 1. The Bertz CT molecular complexity index is 566. The lowest BCUT2D eigenvalue weighted by Gasteiger charge is -2.11. The van der Waals surface area contributed by atoms with Crippen molar-refractivity contribution in [3.8, 4) is 5.75 Å². The molecule has 2 aromatic rings. The molecule has 0 aliphatic carbocycles. The molecular formula is C17H20N2O. The first-order valence-electron chi connectivity index (χ1n) is 6.74. The van der Waals surface area contributed by atoms with Crippen molar-refractivity contribution in [3.05, 3.63) is 72.1 Å². The second-order valence-electron chi connectivity index (χ2n) is 4.58. The Morgan fingerprint density at radius 2 is 2.05 bits per heavy atom. The van der Waals surface area contributed by atoms with E-state index in [1.165, 1.54) is 5.56 Å². The third-order valence-corrected chi connectivity index (χ3v) is 3.06. The van der Waals surface area contributed by atoms with Crippen molar-refractivity contribution in [1.29, 1.82) is 0 Å². The van der Waals surface area contributed by atoms with Gasteiger partial charge in [0.2, 0.25) is 0 Å². The van der Waals surface area contributed by atoms with E-state index in [9.17, 15) is 0 Å². The molecule has 1 aromatic heterocycles. The average Bonchev–Trinajstić information content (AvgIpc) is 2.48. The lowest BCUT2D eigenvalue weighted by atomic mass is 10.2. The van der Waals surface area contributed by atoms with E-state index < -0.39 is 0 Å². The van der Waals surface area contributed by atoms with Gasteiger partial charge in [0.05, 0.1) is 5.69 Å². The van der Waals surface area contributed by atoms with E-state index in [-0.39, 0.29) is 0 Å². The fourth-order valence-corrected chi connectivity index (χ4v) is 1.96. The zero-order valence-electron chi connectivity index (χ0n) is 11.8. The van der Waals surface area contributed by atoms with Gasteiger partial charge in [0.25, 0.3) is 0 Å². The summed E-state index contributed by atoms with van der Waals surface area (Å²) < 4.78 is 5.64. The maximum atomic E-state index is 5.64. The van der Waals surface area contributed by atoms with E-state index in [1.54, 1.807) is 6.08 Å². The molecule has 0 unspecified atom stereocenters. The van der Waals surface area contributed by atoms with Gasteiger partial charge in [-0.3, -0.25) is 4.98 Å². The fraction of sp³-hybridized carbons (Fsp3) is 0.235. The highest BCUT2D eigenvalue weighted by molar-refractivity contribution is 5.33. The summed E-state index contributed by atoms with van der Waals surface area (Å²) in [6.45, 7) is 7.77. The minimum absolute atomic E-state index is 0.524. The van der Waals surface area contributed by atoms with Gasteiger partial charge in [0.1, 0.15) is 12.4 Å². The van der Waals surface area contributed by atoms with Crippen molar-refractivity contribution >= 4 is 0 Å². The molecule has 0 saturated carbocycles. The van der Waals surface area contributed by atoms with Crippen molar-refractivity contribution in [2.45, 2.75) is 20.0 Å². The van der Waals surface area contributed by atoms with Crippen LogP contribution in [-0.2, 0) is 13.1 Å². The van der Waals surface area contributed by atoms with Crippen molar-refractivity contribution in [3.63, 3.8) is 0 Å². The van der Waals surface area contributed by atoms with Crippen molar-refractivity contribution < 1.29 is 4.74 Å². The molecule has 0 aliphatic heterocycles. The van der Waals surface area contributed by atoms with Crippen LogP contribution in [0.4, 0.5) is 0 Å². The lowest BCUT2D eigenvalue weighted by molar-refractivity contribution is 0.358. The summed E-state index contributed by atoms with van der Waals surface area (Å²) in [5, 5.41) is 3.41. The van der Waals surface area contributed by atoms with Crippen LogP contribution in [0.25, 0.3) is 0 Å². The monoisotopic (exact) mass is 268 g/mol. The molecule has 0 bridgehead atoms. The third kappa shape index (κ3) is 3.93. The van der Waals surface area contributed by atoms with Crippen LogP contribution in [0.1, 0.15) is 16.8 Å². The number of aromatic nitrogens is 1. The van der Waals surface area contributed by atoms with Gasteiger partial charge in [-0.2, -0.15) is 0 Å². The van der Waals surface area contributed by atoms with E-state index in [0.717, 1.165) is 30.1 Å². The molecule has 0 radical (unpaired) electrons. The summed E-state index contributed by atoms with van der Waals surface area (Å²) in [7, 11) is 0. The number of nitrogens with one attached hydrogen (secondary N) is 1. The Morgan fingerprint density at radius 3 is 2.85 bits per heavy atom. The summed E-state index contributed by atoms with van der Waals surface area (Å²) in [6, 6.07) is 12.1. The molecule has 0 atom stereocenters. The van der Waals surface area contributed by atoms with E-state index in [4.69, 9.17) is 4.74 Å². The first kappa shape index (κ1) is 14.3. The minimum Gasteiger partial charge on any atom is -0.489 e. The zero-order valence-corrected chi connectivity index (χ0v) is 11.8. The summed E-state index contributed by atoms with van der Waals surface area (Å²) in [4.78, 5) is 4.37. The van der Waals surface area contributed by atoms with Gasteiger partial charge in [0, 0.05) is 24.8 Å². The number of hydrogen-bond acceptors (Lipinski definition) is 3. The first-order chi connectivity index (χ1) is 9.81. The van der Waals surface area contributed by atoms with Crippen LogP contribution in [0.5, 0.6) is 5.75 Å². The quantitative estimate of drug-likeness (QED) is 0.783. The summed E-state index contributed by atoms with van der Waals surface area (Å²) in [5.41, 5.74) is 3.43. The Kier molecular flexibility index (Phi) is 5.33. The zero-order chi connectivity index (χ0) is 14.2. The second kappa shape index (κ2) is 7.46. The van der Waals surface area contributed by atoms with Crippen LogP contribution in [0.2, 0.25) is 0 Å². The topological polar surface area (TPSA) is 34.1 Å². The van der Waals surface area contributed by atoms with E-state index >= 15 is 0 Å². The largest absolute Gasteiger partial charge is 0.489 e. The van der Waals surface area contributed by atoms with Gasteiger partial charge in [-0.05, 0) is 24.6 Å². The Morgan fingerprint density at radius 1 is 1.20 bits per heavy atom. The highest BCUT2D eigenvalue weighted by atomic mass is 16.5. The normalized spacial score (nSPS) is 10.2. The number of benzene rings is 1. The summed E-state index contributed by atoms with van der Waals surface area (Å²) >= 11 is 0. The van der Waals surface area contributed by atoms with Crippen LogP contribution in [-0.4, -0.2) is 11.6 Å². The molecule has 1 heterocycles. The molecule has 2 rings (SSSR count). The highest BCUT2D eigenvalue weighted by Gasteiger charge is 2.03. The molecule has 3 heteroatoms. The van der Waals surface area contributed by atoms with Gasteiger partial charge in [-0.15, -0.1) is 0 Å². The maximum Gasteiger partial charge on any atom is 0.124 e. The molecule has 0 aliphatic rings. The lowest BCUT2D eigenvalue weighted by Crippen LogP contribution is -2.15. The molecule has 0 amide bonds. The van der Waals surface area contributed by atoms with Gasteiger partial charge < -0.3 is 10.1 Å². The summed E-state index contributed by atoms with van der Waals surface area (Å²) in [6.07, 6.45) is 3.58. The Hall–Kier alpha value is -2.13. The Labute approximate surface area is 120 Å². The van der Waals surface area contributed by atoms with E-state index in [2.05, 4.69) is 35.9 Å². The number of hydrogen-bond donors (Lipinski definition) is 1. The summed E-state index contributed by atoms with van der Waals surface area (Å²) in [5.74, 6) is 0.901. The average molecular weight is 268 g/mol. The number of rotatable bonds is 7. The fourth-order valence-electron chi connectivity index (χ4n) is 1.96.